The predicted molar refractivity (Wildman–Crippen MR) is 116 cm³/mol. The van der Waals surface area contributed by atoms with E-state index in [0.717, 1.165) is 0 Å². The fraction of sp³-hybridized carbons (Fsp3) is 0.500. The van der Waals surface area contributed by atoms with Crippen molar-refractivity contribution in [1.82, 2.24) is 10.6 Å². The Hall–Kier alpha value is -3.34. The third-order valence-corrected chi connectivity index (χ3v) is 4.59. The Morgan fingerprint density at radius 1 is 1.03 bits per heavy atom. The van der Waals surface area contributed by atoms with Gasteiger partial charge in [-0.05, 0) is 36.5 Å². The highest BCUT2D eigenvalue weighted by Crippen LogP contribution is 2.12. The van der Waals surface area contributed by atoms with Crippen LogP contribution < -0.4 is 27.8 Å². The number of phenolic OH excluding ortho intramolecular Hbond substituents is 1. The van der Waals surface area contributed by atoms with Crippen molar-refractivity contribution in [3.63, 3.8) is 0 Å². The number of phenols is 1. The number of nitrogens with zero attached hydrogens (tertiary/aromatic N) is 1. The molecule has 11 nitrogen and oxygen atoms in total. The lowest BCUT2D eigenvalue weighted by Gasteiger charge is -2.24. The molecule has 0 saturated heterocycles. The molecule has 0 spiro atoms. The van der Waals surface area contributed by atoms with E-state index in [1.807, 2.05) is 0 Å². The third-order valence-electron chi connectivity index (χ3n) is 4.59. The molecule has 1 rings (SSSR count). The minimum absolute atomic E-state index is 0.0577. The molecule has 0 aliphatic carbocycles. The van der Waals surface area contributed by atoms with Gasteiger partial charge in [-0.3, -0.25) is 14.6 Å². The molecule has 3 atom stereocenters. The van der Waals surface area contributed by atoms with E-state index in [2.05, 4.69) is 15.6 Å². The number of nitrogens with two attached hydrogens (primary N) is 3. The fourth-order valence-electron chi connectivity index (χ4n) is 2.68. The summed E-state index contributed by atoms with van der Waals surface area (Å²) in [7, 11) is 0. The van der Waals surface area contributed by atoms with Gasteiger partial charge in [0.1, 0.15) is 17.8 Å². The number of rotatable bonds is 12. The van der Waals surface area contributed by atoms with Gasteiger partial charge in [-0.1, -0.05) is 26.0 Å². The average Bonchev–Trinajstić information content (AvgIpc) is 2.69. The number of benzene rings is 1. The highest BCUT2D eigenvalue weighted by molar-refractivity contribution is 5.92. The first kappa shape index (κ1) is 25.7. The van der Waals surface area contributed by atoms with Crippen LogP contribution in [0.25, 0.3) is 0 Å². The van der Waals surface area contributed by atoms with Gasteiger partial charge in [0.2, 0.25) is 11.8 Å². The largest absolute Gasteiger partial charge is 0.508 e. The van der Waals surface area contributed by atoms with Gasteiger partial charge in [-0.2, -0.15) is 0 Å². The standard InChI is InChI=1S/C20H32N6O5/c1-11(2)16(21)18(29)26-15(10-12-5-7-13(27)8-6-12)17(28)25-14(19(30)31)4-3-9-24-20(22)23/h5-8,11,14-16,27H,3-4,9-10,21H2,1-2H3,(H,25,28)(H,26,29)(H,30,31)(H4,22,23,24)/t14-,15-,16-/m0/s1. The van der Waals surface area contributed by atoms with Gasteiger partial charge in [0.05, 0.1) is 6.04 Å². The molecule has 1 aromatic rings. The lowest BCUT2D eigenvalue weighted by Crippen LogP contribution is -2.56. The van der Waals surface area contributed by atoms with E-state index in [4.69, 9.17) is 17.2 Å². The summed E-state index contributed by atoms with van der Waals surface area (Å²) in [5, 5.41) is 23.9. The molecular formula is C20H32N6O5. The first-order valence-electron chi connectivity index (χ1n) is 9.93. The number of carboxylic acids is 1. The summed E-state index contributed by atoms with van der Waals surface area (Å²) in [5.41, 5.74) is 17.0. The Balaban J connectivity index is 2.93. The van der Waals surface area contributed by atoms with Crippen molar-refractivity contribution in [2.75, 3.05) is 6.54 Å². The van der Waals surface area contributed by atoms with Crippen LogP contribution in [-0.4, -0.2) is 58.6 Å². The molecule has 0 aliphatic heterocycles. The van der Waals surface area contributed by atoms with Crippen molar-refractivity contribution >= 4 is 23.7 Å². The highest BCUT2D eigenvalue weighted by atomic mass is 16.4. The van der Waals surface area contributed by atoms with Crippen LogP contribution in [0.15, 0.2) is 29.3 Å². The van der Waals surface area contributed by atoms with E-state index in [1.54, 1.807) is 26.0 Å². The van der Waals surface area contributed by atoms with Gasteiger partial charge < -0.3 is 38.0 Å². The molecule has 10 N–H and O–H groups in total. The molecule has 2 amide bonds. The summed E-state index contributed by atoms with van der Waals surface area (Å²) in [6.45, 7) is 3.77. The fourth-order valence-corrected chi connectivity index (χ4v) is 2.68. The second-order valence-corrected chi connectivity index (χ2v) is 7.55. The number of guanidine groups is 1. The second kappa shape index (κ2) is 12.4. The highest BCUT2D eigenvalue weighted by Gasteiger charge is 2.28. The minimum atomic E-state index is -1.22. The molecule has 0 saturated carbocycles. The molecule has 0 radical (unpaired) electrons. The Morgan fingerprint density at radius 2 is 1.61 bits per heavy atom. The maximum Gasteiger partial charge on any atom is 0.326 e. The van der Waals surface area contributed by atoms with Gasteiger partial charge in [0.25, 0.3) is 0 Å². The number of aliphatic imine (C=N–C) groups is 1. The molecular weight excluding hydrogens is 404 g/mol. The number of nitrogens with one attached hydrogen (secondary N) is 2. The second-order valence-electron chi connectivity index (χ2n) is 7.55. The summed E-state index contributed by atoms with van der Waals surface area (Å²) >= 11 is 0. The third kappa shape index (κ3) is 9.34. The monoisotopic (exact) mass is 436 g/mol. The number of aliphatic carboxylic acids is 1. The van der Waals surface area contributed by atoms with Crippen LogP contribution in [0, 0.1) is 5.92 Å². The molecule has 1 aromatic carbocycles. The first-order chi connectivity index (χ1) is 14.5. The van der Waals surface area contributed by atoms with Crippen molar-refractivity contribution in [2.24, 2.45) is 28.1 Å². The molecule has 0 aromatic heterocycles. The van der Waals surface area contributed by atoms with Crippen LogP contribution in [0.4, 0.5) is 0 Å². The van der Waals surface area contributed by atoms with Crippen LogP contribution in [0.3, 0.4) is 0 Å². The molecule has 172 valence electrons. The van der Waals surface area contributed by atoms with Crippen LogP contribution in [0.2, 0.25) is 0 Å². The number of hydrogen-bond acceptors (Lipinski definition) is 6. The number of carbonyl (C=O) groups is 3. The van der Waals surface area contributed by atoms with Crippen LogP contribution in [0.5, 0.6) is 5.75 Å². The van der Waals surface area contributed by atoms with E-state index in [1.165, 1.54) is 12.1 Å². The number of hydrogen-bond donors (Lipinski definition) is 7. The van der Waals surface area contributed by atoms with Crippen molar-refractivity contribution in [3.8, 4) is 5.75 Å². The topological polar surface area (TPSA) is 206 Å². The minimum Gasteiger partial charge on any atom is -0.508 e. The Bertz CT molecular complexity index is 777. The maximum absolute atomic E-state index is 12.9. The molecule has 11 heteroatoms. The van der Waals surface area contributed by atoms with E-state index in [9.17, 15) is 24.6 Å². The van der Waals surface area contributed by atoms with E-state index in [0.29, 0.717) is 12.0 Å². The van der Waals surface area contributed by atoms with Gasteiger partial charge in [0, 0.05) is 13.0 Å². The van der Waals surface area contributed by atoms with Crippen molar-refractivity contribution in [2.45, 2.75) is 51.2 Å². The summed E-state index contributed by atoms with van der Waals surface area (Å²) in [6, 6.07) is 3.05. The van der Waals surface area contributed by atoms with Gasteiger partial charge in [-0.25, -0.2) is 4.79 Å². The zero-order valence-corrected chi connectivity index (χ0v) is 17.7. The van der Waals surface area contributed by atoms with Crippen LogP contribution >= 0.6 is 0 Å². The Labute approximate surface area is 181 Å². The van der Waals surface area contributed by atoms with Gasteiger partial charge in [-0.15, -0.1) is 0 Å². The van der Waals surface area contributed by atoms with E-state index >= 15 is 0 Å². The van der Waals surface area contributed by atoms with Crippen molar-refractivity contribution < 1.29 is 24.6 Å². The molecule has 31 heavy (non-hydrogen) atoms. The number of carbonyl (C=O) groups excluding carboxylic acids is 2. The Morgan fingerprint density at radius 3 is 2.13 bits per heavy atom. The maximum atomic E-state index is 12.9. The summed E-state index contributed by atoms with van der Waals surface area (Å²) in [6.07, 6.45) is 0.522. The summed E-state index contributed by atoms with van der Waals surface area (Å²) in [4.78, 5) is 40.6. The first-order valence-corrected chi connectivity index (χ1v) is 9.93. The SMILES string of the molecule is CC(C)[C@H](N)C(=O)N[C@@H](Cc1ccc(O)cc1)C(=O)N[C@@H](CCCN=C(N)N)C(=O)O. The molecule has 0 bridgehead atoms. The zero-order chi connectivity index (χ0) is 23.6. The average molecular weight is 437 g/mol. The Kier molecular flexibility index (Phi) is 10.3. The molecule has 0 heterocycles. The molecule has 0 unspecified atom stereocenters. The zero-order valence-electron chi connectivity index (χ0n) is 17.7. The van der Waals surface area contributed by atoms with Gasteiger partial charge >= 0.3 is 5.97 Å². The van der Waals surface area contributed by atoms with E-state index < -0.39 is 35.9 Å². The van der Waals surface area contributed by atoms with Crippen molar-refractivity contribution in [1.29, 1.82) is 0 Å². The predicted octanol–water partition coefficient (Wildman–Crippen LogP) is -0.974. The normalized spacial score (nSPS) is 13.7. The molecule has 0 aliphatic rings. The molecule has 0 fully saturated rings. The van der Waals surface area contributed by atoms with E-state index in [-0.39, 0.29) is 37.0 Å². The lowest BCUT2D eigenvalue weighted by molar-refractivity contribution is -0.142. The quantitative estimate of drug-likeness (QED) is 0.123. The number of amides is 2. The summed E-state index contributed by atoms with van der Waals surface area (Å²) < 4.78 is 0. The number of aromatic hydroxyl groups is 1. The van der Waals surface area contributed by atoms with Crippen LogP contribution in [0.1, 0.15) is 32.3 Å². The summed E-state index contributed by atoms with van der Waals surface area (Å²) in [5.74, 6) is -2.59. The smallest absolute Gasteiger partial charge is 0.326 e. The lowest BCUT2D eigenvalue weighted by atomic mass is 10.0. The van der Waals surface area contributed by atoms with Crippen molar-refractivity contribution in [3.05, 3.63) is 29.8 Å². The van der Waals surface area contributed by atoms with Crippen LogP contribution in [-0.2, 0) is 20.8 Å². The van der Waals surface area contributed by atoms with Gasteiger partial charge in [0.15, 0.2) is 5.96 Å². The number of carboxylic acid groups (broad SMARTS) is 1.